The summed E-state index contributed by atoms with van der Waals surface area (Å²) in [5.41, 5.74) is 0.840. The fourth-order valence-electron chi connectivity index (χ4n) is 2.66. The number of rotatable bonds is 5. The van der Waals surface area contributed by atoms with E-state index in [1.165, 1.54) is 21.8 Å². The van der Waals surface area contributed by atoms with Gasteiger partial charge >= 0.3 is 0 Å². The number of sulfonamides is 1. The molecule has 0 aromatic carbocycles. The first-order valence-electron chi connectivity index (χ1n) is 7.56. The van der Waals surface area contributed by atoms with E-state index >= 15 is 0 Å². The quantitative estimate of drug-likeness (QED) is 0.840. The average molecular weight is 340 g/mol. The molecule has 5 nitrogen and oxygen atoms in total. The minimum Gasteiger partial charge on any atom is -0.377 e. The van der Waals surface area contributed by atoms with Crippen LogP contribution in [0.5, 0.6) is 0 Å². The minimum atomic E-state index is -3.49. The molecular formula is C15H20N2O3S2. The van der Waals surface area contributed by atoms with Gasteiger partial charge in [0, 0.05) is 25.9 Å². The average Bonchev–Trinajstić information content (AvgIpc) is 3.00. The number of nitrogens with zero attached hydrogens (tertiary/aromatic N) is 2. The lowest BCUT2D eigenvalue weighted by molar-refractivity contribution is 0.0193. The van der Waals surface area contributed by atoms with Crippen molar-refractivity contribution in [2.45, 2.75) is 37.2 Å². The SMILES string of the molecule is CCCO[C@H]1CCCN(S(=O)(=O)c2cnc3ccsc3c2)C1. The molecule has 0 amide bonds. The Morgan fingerprint density at radius 2 is 2.36 bits per heavy atom. The molecule has 2 aromatic heterocycles. The Hall–Kier alpha value is -1.02. The Bertz CT molecular complexity index is 742. The predicted octanol–water partition coefficient (Wildman–Crippen LogP) is 2.88. The van der Waals surface area contributed by atoms with Crippen LogP contribution in [0.15, 0.2) is 28.6 Å². The summed E-state index contributed by atoms with van der Waals surface area (Å²) in [6.45, 7) is 3.72. The van der Waals surface area contributed by atoms with Crippen LogP contribution >= 0.6 is 11.3 Å². The third-order valence-electron chi connectivity index (χ3n) is 3.81. The second kappa shape index (κ2) is 6.62. The van der Waals surface area contributed by atoms with Gasteiger partial charge in [-0.15, -0.1) is 11.3 Å². The highest BCUT2D eigenvalue weighted by atomic mass is 32.2. The van der Waals surface area contributed by atoms with E-state index in [-0.39, 0.29) is 11.0 Å². The van der Waals surface area contributed by atoms with Crippen LogP contribution in [0.3, 0.4) is 0 Å². The molecule has 1 aliphatic heterocycles. The van der Waals surface area contributed by atoms with E-state index in [1.807, 2.05) is 11.4 Å². The van der Waals surface area contributed by atoms with Crippen molar-refractivity contribution in [3.8, 4) is 0 Å². The first-order chi connectivity index (χ1) is 10.6. The van der Waals surface area contributed by atoms with Crippen molar-refractivity contribution in [2.24, 2.45) is 0 Å². The zero-order valence-corrected chi connectivity index (χ0v) is 14.2. The van der Waals surface area contributed by atoms with Crippen LogP contribution in [-0.4, -0.2) is 43.5 Å². The normalized spacial score (nSPS) is 20.5. The van der Waals surface area contributed by atoms with Gasteiger partial charge < -0.3 is 4.74 Å². The van der Waals surface area contributed by atoms with Gasteiger partial charge in [0.25, 0.3) is 0 Å². The highest BCUT2D eigenvalue weighted by Crippen LogP contribution is 2.26. The smallest absolute Gasteiger partial charge is 0.244 e. The molecule has 0 spiro atoms. The van der Waals surface area contributed by atoms with Gasteiger partial charge in [-0.2, -0.15) is 4.31 Å². The van der Waals surface area contributed by atoms with Crippen LogP contribution in [-0.2, 0) is 14.8 Å². The summed E-state index contributed by atoms with van der Waals surface area (Å²) in [5, 5.41) is 1.92. The molecule has 120 valence electrons. The molecule has 0 unspecified atom stereocenters. The molecular weight excluding hydrogens is 320 g/mol. The highest BCUT2D eigenvalue weighted by molar-refractivity contribution is 7.89. The van der Waals surface area contributed by atoms with E-state index in [2.05, 4.69) is 11.9 Å². The summed E-state index contributed by atoms with van der Waals surface area (Å²) in [4.78, 5) is 4.52. The maximum atomic E-state index is 12.8. The number of pyridine rings is 1. The summed E-state index contributed by atoms with van der Waals surface area (Å²) in [6.07, 6.45) is 4.17. The van der Waals surface area contributed by atoms with Gasteiger partial charge in [-0.05, 0) is 36.8 Å². The third kappa shape index (κ3) is 3.17. The summed E-state index contributed by atoms with van der Waals surface area (Å²) >= 11 is 1.51. The van der Waals surface area contributed by atoms with Crippen LogP contribution in [0.2, 0.25) is 0 Å². The van der Waals surface area contributed by atoms with Gasteiger partial charge in [0.05, 0.1) is 16.3 Å². The molecule has 0 radical (unpaired) electrons. The molecule has 1 atom stereocenters. The fourth-order valence-corrected chi connectivity index (χ4v) is 5.00. The molecule has 3 rings (SSSR count). The first kappa shape index (κ1) is 15.9. The lowest BCUT2D eigenvalue weighted by atomic mass is 10.1. The van der Waals surface area contributed by atoms with E-state index in [0.717, 1.165) is 29.5 Å². The van der Waals surface area contributed by atoms with Crippen molar-refractivity contribution in [1.29, 1.82) is 0 Å². The standard InChI is InChI=1S/C15H20N2O3S2/c1-2-7-20-12-4-3-6-17(11-12)22(18,19)13-9-15-14(16-10-13)5-8-21-15/h5,8-10,12H,2-4,6-7,11H2,1H3/t12-/m0/s1. The topological polar surface area (TPSA) is 59.5 Å². The fraction of sp³-hybridized carbons (Fsp3) is 0.533. The summed E-state index contributed by atoms with van der Waals surface area (Å²) in [6, 6.07) is 3.62. The van der Waals surface area contributed by atoms with Gasteiger partial charge in [0.1, 0.15) is 4.90 Å². The number of ether oxygens (including phenoxy) is 1. The van der Waals surface area contributed by atoms with Crippen LogP contribution < -0.4 is 0 Å². The van der Waals surface area contributed by atoms with E-state index in [9.17, 15) is 8.42 Å². The summed E-state index contributed by atoms with van der Waals surface area (Å²) in [5.74, 6) is 0. The molecule has 0 aliphatic carbocycles. The Morgan fingerprint density at radius 1 is 1.50 bits per heavy atom. The van der Waals surface area contributed by atoms with Crippen molar-refractivity contribution in [3.63, 3.8) is 0 Å². The van der Waals surface area contributed by atoms with Crippen molar-refractivity contribution < 1.29 is 13.2 Å². The number of hydrogen-bond donors (Lipinski definition) is 0. The van der Waals surface area contributed by atoms with Crippen molar-refractivity contribution in [1.82, 2.24) is 9.29 Å². The largest absolute Gasteiger partial charge is 0.377 e. The zero-order chi connectivity index (χ0) is 15.6. The molecule has 0 bridgehead atoms. The maximum absolute atomic E-state index is 12.8. The molecule has 1 fully saturated rings. The maximum Gasteiger partial charge on any atom is 0.244 e. The van der Waals surface area contributed by atoms with Crippen LogP contribution in [0.4, 0.5) is 0 Å². The number of fused-ring (bicyclic) bond motifs is 1. The second-order valence-corrected chi connectivity index (χ2v) is 8.36. The van der Waals surface area contributed by atoms with E-state index in [4.69, 9.17) is 4.74 Å². The van der Waals surface area contributed by atoms with Gasteiger partial charge in [-0.1, -0.05) is 6.92 Å². The van der Waals surface area contributed by atoms with Crippen LogP contribution in [0.1, 0.15) is 26.2 Å². The minimum absolute atomic E-state index is 0.00176. The van der Waals surface area contributed by atoms with E-state index < -0.39 is 10.0 Å². The van der Waals surface area contributed by atoms with E-state index in [0.29, 0.717) is 19.7 Å². The molecule has 0 saturated carbocycles. The first-order valence-corrected chi connectivity index (χ1v) is 9.88. The molecule has 3 heterocycles. The lowest BCUT2D eigenvalue weighted by Gasteiger charge is -2.31. The Labute approximate surface area is 135 Å². The molecule has 7 heteroatoms. The number of piperidine rings is 1. The predicted molar refractivity (Wildman–Crippen MR) is 87.6 cm³/mol. The Balaban J connectivity index is 1.81. The number of hydrogen-bond acceptors (Lipinski definition) is 5. The molecule has 22 heavy (non-hydrogen) atoms. The molecule has 1 aliphatic rings. The Morgan fingerprint density at radius 3 is 3.18 bits per heavy atom. The second-order valence-electron chi connectivity index (χ2n) is 5.47. The Kier molecular flexibility index (Phi) is 4.77. The van der Waals surface area contributed by atoms with Crippen molar-refractivity contribution in [2.75, 3.05) is 19.7 Å². The van der Waals surface area contributed by atoms with Gasteiger partial charge in [-0.3, -0.25) is 4.98 Å². The number of aromatic nitrogens is 1. The van der Waals surface area contributed by atoms with Gasteiger partial charge in [-0.25, -0.2) is 8.42 Å². The highest BCUT2D eigenvalue weighted by Gasteiger charge is 2.31. The molecule has 1 saturated heterocycles. The number of thiophene rings is 1. The molecule has 0 N–H and O–H groups in total. The van der Waals surface area contributed by atoms with Gasteiger partial charge in [0.2, 0.25) is 10.0 Å². The van der Waals surface area contributed by atoms with Crippen LogP contribution in [0, 0.1) is 0 Å². The summed E-state index contributed by atoms with van der Waals surface area (Å²) in [7, 11) is -3.49. The third-order valence-corrected chi connectivity index (χ3v) is 6.50. The monoisotopic (exact) mass is 340 g/mol. The van der Waals surface area contributed by atoms with Crippen molar-refractivity contribution >= 4 is 31.6 Å². The lowest BCUT2D eigenvalue weighted by Crippen LogP contribution is -2.43. The molecule has 2 aromatic rings. The summed E-state index contributed by atoms with van der Waals surface area (Å²) < 4.78 is 33.8. The zero-order valence-electron chi connectivity index (χ0n) is 12.6. The van der Waals surface area contributed by atoms with Gasteiger partial charge in [0.15, 0.2) is 0 Å². The van der Waals surface area contributed by atoms with Crippen LogP contribution in [0.25, 0.3) is 10.2 Å². The van der Waals surface area contributed by atoms with E-state index in [1.54, 1.807) is 6.07 Å². The van der Waals surface area contributed by atoms with Crippen molar-refractivity contribution in [3.05, 3.63) is 23.7 Å².